The van der Waals surface area contributed by atoms with Gasteiger partial charge in [-0.3, -0.25) is 4.90 Å². The number of nitrogens with one attached hydrogen (secondary N) is 1. The SMILES string of the molecule is Cn1ccnc1CN1CCC2(CC1)CC(Nc1nccs1)CO2. The summed E-state index contributed by atoms with van der Waals surface area (Å²) < 4.78 is 8.32. The zero-order valence-electron chi connectivity index (χ0n) is 13.4. The number of nitrogens with zero attached hydrogens (tertiary/aromatic N) is 4. The summed E-state index contributed by atoms with van der Waals surface area (Å²) in [6, 6.07) is 0.391. The number of rotatable bonds is 4. The average Bonchev–Trinajstić information content (AvgIpc) is 3.27. The van der Waals surface area contributed by atoms with Crippen LogP contribution in [0.15, 0.2) is 24.0 Å². The third-order valence-corrected chi connectivity index (χ3v) is 5.73. The Labute approximate surface area is 140 Å². The zero-order valence-corrected chi connectivity index (χ0v) is 14.3. The summed E-state index contributed by atoms with van der Waals surface area (Å²) in [5.41, 5.74) is 0.0626. The standard InChI is InChI=1S/C16H23N5OS/c1-20-8-4-17-14(20)11-21-6-2-16(3-7-21)10-13(12-22-16)19-15-18-5-9-23-15/h4-5,8-9,13H,2-3,6-7,10-12H2,1H3,(H,18,19). The molecule has 1 N–H and O–H groups in total. The Kier molecular flexibility index (Phi) is 4.09. The Balaban J connectivity index is 1.30. The maximum atomic E-state index is 6.22. The molecule has 124 valence electrons. The molecular formula is C16H23N5OS. The van der Waals surface area contributed by atoms with Crippen LogP contribution >= 0.6 is 11.3 Å². The van der Waals surface area contributed by atoms with Gasteiger partial charge in [-0.15, -0.1) is 11.3 Å². The van der Waals surface area contributed by atoms with E-state index < -0.39 is 0 Å². The fraction of sp³-hybridized carbons (Fsp3) is 0.625. The fourth-order valence-corrected chi connectivity index (χ4v) is 4.23. The lowest BCUT2D eigenvalue weighted by Gasteiger charge is -2.38. The van der Waals surface area contributed by atoms with E-state index in [1.807, 2.05) is 24.0 Å². The second-order valence-corrected chi connectivity index (χ2v) is 7.50. The quantitative estimate of drug-likeness (QED) is 0.929. The van der Waals surface area contributed by atoms with E-state index in [4.69, 9.17) is 4.74 Å². The molecule has 0 radical (unpaired) electrons. The van der Waals surface area contributed by atoms with E-state index in [0.29, 0.717) is 6.04 Å². The van der Waals surface area contributed by atoms with Crippen LogP contribution in [0.4, 0.5) is 5.13 Å². The predicted octanol–water partition coefficient (Wildman–Crippen LogP) is 2.11. The van der Waals surface area contributed by atoms with Crippen molar-refractivity contribution in [3.8, 4) is 0 Å². The number of hydrogen-bond acceptors (Lipinski definition) is 6. The van der Waals surface area contributed by atoms with E-state index >= 15 is 0 Å². The van der Waals surface area contributed by atoms with E-state index in [0.717, 1.165) is 56.5 Å². The molecule has 1 spiro atoms. The minimum atomic E-state index is 0.0626. The Hall–Kier alpha value is -1.44. The summed E-state index contributed by atoms with van der Waals surface area (Å²) in [5, 5.41) is 6.51. The highest BCUT2D eigenvalue weighted by Crippen LogP contribution is 2.37. The first kappa shape index (κ1) is 15.1. The molecule has 2 fully saturated rings. The molecule has 23 heavy (non-hydrogen) atoms. The highest BCUT2D eigenvalue weighted by atomic mass is 32.1. The van der Waals surface area contributed by atoms with Gasteiger partial charge in [0.2, 0.25) is 0 Å². The van der Waals surface area contributed by atoms with Gasteiger partial charge in [-0.05, 0) is 19.3 Å². The van der Waals surface area contributed by atoms with Crippen molar-refractivity contribution in [2.75, 3.05) is 25.0 Å². The van der Waals surface area contributed by atoms with Crippen LogP contribution in [0.1, 0.15) is 25.1 Å². The topological polar surface area (TPSA) is 55.2 Å². The van der Waals surface area contributed by atoms with Crippen LogP contribution in [0.5, 0.6) is 0 Å². The molecule has 4 heterocycles. The highest BCUT2D eigenvalue weighted by Gasteiger charge is 2.42. The van der Waals surface area contributed by atoms with E-state index in [1.165, 1.54) is 0 Å². The first-order valence-corrected chi connectivity index (χ1v) is 9.09. The van der Waals surface area contributed by atoms with Crippen molar-refractivity contribution in [2.24, 2.45) is 7.05 Å². The van der Waals surface area contributed by atoms with Crippen LogP contribution in [-0.4, -0.2) is 50.8 Å². The van der Waals surface area contributed by atoms with Crippen molar-refractivity contribution < 1.29 is 4.74 Å². The van der Waals surface area contributed by atoms with Crippen LogP contribution < -0.4 is 5.32 Å². The number of likely N-dealkylation sites (tertiary alicyclic amines) is 1. The van der Waals surface area contributed by atoms with Crippen LogP contribution in [0.2, 0.25) is 0 Å². The second kappa shape index (κ2) is 6.22. The molecule has 1 atom stereocenters. The highest BCUT2D eigenvalue weighted by molar-refractivity contribution is 7.13. The first-order valence-electron chi connectivity index (χ1n) is 8.21. The maximum absolute atomic E-state index is 6.22. The van der Waals surface area contributed by atoms with E-state index in [9.17, 15) is 0 Å². The normalized spacial score (nSPS) is 24.3. The number of anilines is 1. The van der Waals surface area contributed by atoms with Crippen molar-refractivity contribution in [1.82, 2.24) is 19.4 Å². The number of imidazole rings is 1. The Morgan fingerprint density at radius 3 is 2.91 bits per heavy atom. The monoisotopic (exact) mass is 333 g/mol. The minimum absolute atomic E-state index is 0.0626. The van der Waals surface area contributed by atoms with Gasteiger partial charge in [-0.25, -0.2) is 9.97 Å². The van der Waals surface area contributed by atoms with Gasteiger partial charge in [-0.2, -0.15) is 0 Å². The van der Waals surface area contributed by atoms with Gasteiger partial charge in [0.15, 0.2) is 5.13 Å². The third kappa shape index (κ3) is 3.27. The number of thiazole rings is 1. The third-order valence-electron chi connectivity index (χ3n) is 5.02. The lowest BCUT2D eigenvalue weighted by molar-refractivity contribution is -0.0452. The Bertz CT molecular complexity index is 633. The van der Waals surface area contributed by atoms with Gasteiger partial charge in [0, 0.05) is 44.1 Å². The van der Waals surface area contributed by atoms with Crippen molar-refractivity contribution in [1.29, 1.82) is 0 Å². The molecule has 0 aliphatic carbocycles. The number of hydrogen-bond donors (Lipinski definition) is 1. The molecule has 6 nitrogen and oxygen atoms in total. The summed E-state index contributed by atoms with van der Waals surface area (Å²) in [6.45, 7) is 3.88. The van der Waals surface area contributed by atoms with Gasteiger partial charge in [0.25, 0.3) is 0 Å². The number of piperidine rings is 1. The number of aryl methyl sites for hydroxylation is 1. The van der Waals surface area contributed by atoms with Crippen LogP contribution in [-0.2, 0) is 18.3 Å². The fourth-order valence-electron chi connectivity index (χ4n) is 3.62. The number of aromatic nitrogens is 3. The minimum Gasteiger partial charge on any atom is -0.373 e. The molecule has 1 unspecified atom stereocenters. The summed E-state index contributed by atoms with van der Waals surface area (Å²) in [5.74, 6) is 1.14. The summed E-state index contributed by atoms with van der Waals surface area (Å²) >= 11 is 1.65. The lowest BCUT2D eigenvalue weighted by atomic mass is 9.87. The first-order chi connectivity index (χ1) is 11.2. The second-order valence-electron chi connectivity index (χ2n) is 6.61. The van der Waals surface area contributed by atoms with Crippen molar-refractivity contribution in [2.45, 2.75) is 37.5 Å². The van der Waals surface area contributed by atoms with Crippen molar-refractivity contribution in [3.05, 3.63) is 29.8 Å². The molecule has 2 aromatic heterocycles. The summed E-state index contributed by atoms with van der Waals surface area (Å²) in [4.78, 5) is 11.2. The molecule has 0 amide bonds. The van der Waals surface area contributed by atoms with Gasteiger partial charge in [-0.1, -0.05) is 0 Å². The van der Waals surface area contributed by atoms with Crippen molar-refractivity contribution in [3.63, 3.8) is 0 Å². The molecule has 4 rings (SSSR count). The largest absolute Gasteiger partial charge is 0.373 e. The van der Waals surface area contributed by atoms with E-state index in [1.54, 1.807) is 11.3 Å². The molecular weight excluding hydrogens is 310 g/mol. The van der Waals surface area contributed by atoms with Crippen LogP contribution in [0.25, 0.3) is 0 Å². The smallest absolute Gasteiger partial charge is 0.182 e. The Morgan fingerprint density at radius 2 is 2.22 bits per heavy atom. The lowest BCUT2D eigenvalue weighted by Crippen LogP contribution is -2.44. The molecule has 0 bridgehead atoms. The number of ether oxygens (including phenoxy) is 1. The van der Waals surface area contributed by atoms with Gasteiger partial charge in [0.1, 0.15) is 5.82 Å². The predicted molar refractivity (Wildman–Crippen MR) is 90.5 cm³/mol. The summed E-state index contributed by atoms with van der Waals surface area (Å²) in [6.07, 6.45) is 9.02. The molecule has 2 aromatic rings. The van der Waals surface area contributed by atoms with Gasteiger partial charge < -0.3 is 14.6 Å². The van der Waals surface area contributed by atoms with Crippen LogP contribution in [0, 0.1) is 0 Å². The molecule has 7 heteroatoms. The molecule has 2 saturated heterocycles. The maximum Gasteiger partial charge on any atom is 0.182 e. The van der Waals surface area contributed by atoms with Gasteiger partial charge >= 0.3 is 0 Å². The Morgan fingerprint density at radius 1 is 1.35 bits per heavy atom. The van der Waals surface area contributed by atoms with Crippen LogP contribution in [0.3, 0.4) is 0 Å². The molecule has 0 saturated carbocycles. The van der Waals surface area contributed by atoms with Gasteiger partial charge in [0.05, 0.1) is 24.8 Å². The molecule has 0 aromatic carbocycles. The van der Waals surface area contributed by atoms with E-state index in [-0.39, 0.29) is 5.60 Å². The van der Waals surface area contributed by atoms with E-state index in [2.05, 4.69) is 31.8 Å². The zero-order chi connectivity index (χ0) is 15.7. The molecule has 2 aliphatic heterocycles. The average molecular weight is 333 g/mol. The summed E-state index contributed by atoms with van der Waals surface area (Å²) in [7, 11) is 2.06. The molecule has 2 aliphatic rings. The van der Waals surface area contributed by atoms with Crippen molar-refractivity contribution >= 4 is 16.5 Å².